The summed E-state index contributed by atoms with van der Waals surface area (Å²) in [7, 11) is 1.31. The van der Waals surface area contributed by atoms with Gasteiger partial charge in [-0.15, -0.1) is 0 Å². The molecule has 0 saturated heterocycles. The summed E-state index contributed by atoms with van der Waals surface area (Å²) in [4.78, 5) is 22.9. The summed E-state index contributed by atoms with van der Waals surface area (Å²) in [5.74, 6) is -0.426. The van der Waals surface area contributed by atoms with Crippen LogP contribution >= 0.6 is 0 Å². The van der Waals surface area contributed by atoms with Gasteiger partial charge in [-0.3, -0.25) is 0 Å². The molecule has 0 aromatic heterocycles. The van der Waals surface area contributed by atoms with Crippen molar-refractivity contribution < 1.29 is 14.3 Å². The van der Waals surface area contributed by atoms with Crippen LogP contribution < -0.4 is 10.6 Å². The SMILES string of the molecule is CCC(C)NC(=O)NC(C(=O)OC)C(C)C. The summed E-state index contributed by atoms with van der Waals surface area (Å²) in [6, 6.07) is -0.849. The van der Waals surface area contributed by atoms with Crippen molar-refractivity contribution in [1.82, 2.24) is 10.6 Å². The predicted molar refractivity (Wildman–Crippen MR) is 62.1 cm³/mol. The van der Waals surface area contributed by atoms with E-state index >= 15 is 0 Å². The van der Waals surface area contributed by atoms with Crippen LogP contribution in [0, 0.1) is 5.92 Å². The molecule has 16 heavy (non-hydrogen) atoms. The maximum Gasteiger partial charge on any atom is 0.328 e. The van der Waals surface area contributed by atoms with E-state index in [0.29, 0.717) is 0 Å². The molecule has 0 aliphatic rings. The van der Waals surface area contributed by atoms with Gasteiger partial charge in [0.2, 0.25) is 0 Å². The van der Waals surface area contributed by atoms with Crippen molar-refractivity contribution in [3.8, 4) is 0 Å². The van der Waals surface area contributed by atoms with E-state index in [0.717, 1.165) is 6.42 Å². The van der Waals surface area contributed by atoms with Gasteiger partial charge in [0, 0.05) is 6.04 Å². The summed E-state index contributed by atoms with van der Waals surface area (Å²) < 4.78 is 4.62. The second-order valence-corrected chi connectivity index (χ2v) is 4.17. The normalized spacial score (nSPS) is 14.1. The zero-order valence-corrected chi connectivity index (χ0v) is 10.7. The highest BCUT2D eigenvalue weighted by atomic mass is 16.5. The molecule has 0 fully saturated rings. The second kappa shape index (κ2) is 7.09. The fourth-order valence-corrected chi connectivity index (χ4v) is 1.13. The maximum absolute atomic E-state index is 11.5. The van der Waals surface area contributed by atoms with E-state index in [2.05, 4.69) is 15.4 Å². The lowest BCUT2D eigenvalue weighted by Gasteiger charge is -2.21. The Morgan fingerprint density at radius 3 is 2.12 bits per heavy atom. The predicted octanol–water partition coefficient (Wildman–Crippen LogP) is 1.28. The molecule has 0 spiro atoms. The van der Waals surface area contributed by atoms with E-state index in [-0.39, 0.29) is 18.0 Å². The van der Waals surface area contributed by atoms with E-state index in [9.17, 15) is 9.59 Å². The zero-order chi connectivity index (χ0) is 12.7. The number of rotatable bonds is 5. The van der Waals surface area contributed by atoms with Crippen molar-refractivity contribution in [2.45, 2.75) is 46.2 Å². The molecule has 94 valence electrons. The van der Waals surface area contributed by atoms with E-state index in [1.165, 1.54) is 7.11 Å². The minimum atomic E-state index is -0.603. The van der Waals surface area contributed by atoms with Crippen molar-refractivity contribution in [2.75, 3.05) is 7.11 Å². The van der Waals surface area contributed by atoms with Crippen LogP contribution in [-0.2, 0) is 9.53 Å². The van der Waals surface area contributed by atoms with E-state index in [1.807, 2.05) is 27.7 Å². The fourth-order valence-electron chi connectivity index (χ4n) is 1.13. The standard InChI is InChI=1S/C11H22N2O3/c1-6-8(4)12-11(15)13-9(7(2)3)10(14)16-5/h7-9H,6H2,1-5H3,(H2,12,13,15). The number of urea groups is 1. The number of methoxy groups -OCH3 is 1. The first kappa shape index (κ1) is 14.7. The number of ether oxygens (including phenoxy) is 1. The molecule has 0 aromatic carbocycles. The largest absolute Gasteiger partial charge is 0.467 e. The van der Waals surface area contributed by atoms with Gasteiger partial charge in [0.15, 0.2) is 0 Å². The van der Waals surface area contributed by atoms with Crippen molar-refractivity contribution >= 4 is 12.0 Å². The van der Waals surface area contributed by atoms with E-state index in [1.54, 1.807) is 0 Å². The molecular weight excluding hydrogens is 208 g/mol. The van der Waals surface area contributed by atoms with Crippen LogP contribution in [0.5, 0.6) is 0 Å². The molecule has 0 bridgehead atoms. The lowest BCUT2D eigenvalue weighted by Crippen LogP contribution is -2.50. The van der Waals surface area contributed by atoms with Gasteiger partial charge in [0.25, 0.3) is 0 Å². The molecule has 0 aliphatic heterocycles. The third-order valence-corrected chi connectivity index (χ3v) is 2.40. The summed E-state index contributed by atoms with van der Waals surface area (Å²) >= 11 is 0. The van der Waals surface area contributed by atoms with Gasteiger partial charge in [-0.05, 0) is 19.3 Å². The van der Waals surface area contributed by atoms with Gasteiger partial charge in [0.05, 0.1) is 7.11 Å². The van der Waals surface area contributed by atoms with Crippen molar-refractivity contribution in [3.05, 3.63) is 0 Å². The molecule has 2 amide bonds. The molecule has 0 aliphatic carbocycles. The highest BCUT2D eigenvalue weighted by Crippen LogP contribution is 2.03. The topological polar surface area (TPSA) is 67.4 Å². The van der Waals surface area contributed by atoms with Crippen LogP contribution in [0.1, 0.15) is 34.1 Å². The summed E-state index contributed by atoms with van der Waals surface area (Å²) in [5, 5.41) is 5.34. The Kier molecular flexibility index (Phi) is 6.53. The average molecular weight is 230 g/mol. The molecule has 2 unspecified atom stereocenters. The van der Waals surface area contributed by atoms with Gasteiger partial charge in [-0.1, -0.05) is 20.8 Å². The number of amides is 2. The first-order chi connectivity index (χ1) is 7.42. The third kappa shape index (κ3) is 5.00. The van der Waals surface area contributed by atoms with Gasteiger partial charge in [-0.25, -0.2) is 9.59 Å². The molecule has 2 N–H and O–H groups in total. The first-order valence-electron chi connectivity index (χ1n) is 5.57. The Labute approximate surface area is 96.9 Å². The lowest BCUT2D eigenvalue weighted by atomic mass is 10.1. The Morgan fingerprint density at radius 2 is 1.75 bits per heavy atom. The maximum atomic E-state index is 11.5. The quantitative estimate of drug-likeness (QED) is 0.699. The van der Waals surface area contributed by atoms with Crippen molar-refractivity contribution in [1.29, 1.82) is 0 Å². The Balaban J connectivity index is 4.30. The highest BCUT2D eigenvalue weighted by molar-refractivity contribution is 5.83. The Bertz CT molecular complexity index is 241. The third-order valence-electron chi connectivity index (χ3n) is 2.40. The number of carbonyl (C=O) groups is 2. The van der Waals surface area contributed by atoms with Crippen LogP contribution in [0.3, 0.4) is 0 Å². The number of carbonyl (C=O) groups excluding carboxylic acids is 2. The van der Waals surface area contributed by atoms with Gasteiger partial charge in [-0.2, -0.15) is 0 Å². The number of hydrogen-bond acceptors (Lipinski definition) is 3. The first-order valence-corrected chi connectivity index (χ1v) is 5.57. The van der Waals surface area contributed by atoms with Gasteiger partial charge >= 0.3 is 12.0 Å². The van der Waals surface area contributed by atoms with Crippen LogP contribution in [-0.4, -0.2) is 31.2 Å². The molecule has 0 heterocycles. The minimum Gasteiger partial charge on any atom is -0.467 e. The van der Waals surface area contributed by atoms with E-state index < -0.39 is 12.0 Å². The molecular formula is C11H22N2O3. The van der Waals surface area contributed by atoms with Gasteiger partial charge < -0.3 is 15.4 Å². The average Bonchev–Trinajstić information content (AvgIpc) is 2.24. The zero-order valence-electron chi connectivity index (χ0n) is 10.7. The molecule has 0 saturated carbocycles. The molecule has 5 nitrogen and oxygen atoms in total. The van der Waals surface area contributed by atoms with Crippen molar-refractivity contribution in [3.63, 3.8) is 0 Å². The Morgan fingerprint density at radius 1 is 1.19 bits per heavy atom. The monoisotopic (exact) mass is 230 g/mol. The molecule has 5 heteroatoms. The van der Waals surface area contributed by atoms with Crippen LogP contribution in [0.4, 0.5) is 4.79 Å². The fraction of sp³-hybridized carbons (Fsp3) is 0.818. The number of hydrogen-bond donors (Lipinski definition) is 2. The summed E-state index contributed by atoms with van der Waals surface area (Å²) in [5.41, 5.74) is 0. The molecule has 0 aromatic rings. The summed E-state index contributed by atoms with van der Waals surface area (Å²) in [6.07, 6.45) is 0.845. The van der Waals surface area contributed by atoms with Crippen molar-refractivity contribution in [2.24, 2.45) is 5.92 Å². The minimum absolute atomic E-state index is 0.00451. The summed E-state index contributed by atoms with van der Waals surface area (Å²) in [6.45, 7) is 7.59. The second-order valence-electron chi connectivity index (χ2n) is 4.17. The highest BCUT2D eigenvalue weighted by Gasteiger charge is 2.24. The number of esters is 1. The smallest absolute Gasteiger partial charge is 0.328 e. The lowest BCUT2D eigenvalue weighted by molar-refractivity contribution is -0.143. The Hall–Kier alpha value is -1.26. The molecule has 0 rings (SSSR count). The van der Waals surface area contributed by atoms with Crippen LogP contribution in [0.15, 0.2) is 0 Å². The van der Waals surface area contributed by atoms with Crippen LogP contribution in [0.25, 0.3) is 0 Å². The number of nitrogens with one attached hydrogen (secondary N) is 2. The molecule has 2 atom stereocenters. The van der Waals surface area contributed by atoms with Crippen LogP contribution in [0.2, 0.25) is 0 Å². The van der Waals surface area contributed by atoms with E-state index in [4.69, 9.17) is 0 Å². The van der Waals surface area contributed by atoms with Gasteiger partial charge in [0.1, 0.15) is 6.04 Å². The molecule has 0 radical (unpaired) electrons.